The monoisotopic (exact) mass is 322 g/mol. The van der Waals surface area contributed by atoms with E-state index >= 15 is 0 Å². The molecule has 0 N–H and O–H groups in total. The zero-order valence-electron chi connectivity index (χ0n) is 12.5. The number of amides is 2. The fraction of sp³-hybridized carbons (Fsp3) is 0.0625. The minimum Gasteiger partial charge on any atom is -0.324 e. The van der Waals surface area contributed by atoms with E-state index in [2.05, 4.69) is 10.2 Å². The smallest absolute Gasteiger partial charge is 0.324 e. The fourth-order valence-electron chi connectivity index (χ4n) is 2.51. The number of aryl methyl sites for hydroxylation is 1. The van der Waals surface area contributed by atoms with E-state index in [0.29, 0.717) is 16.5 Å². The first-order chi connectivity index (χ1) is 11.6. The van der Waals surface area contributed by atoms with E-state index in [1.807, 2.05) is 0 Å². The molecular formula is C16H10N4O4. The Morgan fingerprint density at radius 1 is 1.00 bits per heavy atom. The zero-order valence-corrected chi connectivity index (χ0v) is 12.5. The second-order valence-electron chi connectivity index (χ2n) is 5.22. The lowest BCUT2D eigenvalue weighted by molar-refractivity contribution is -0.0584. The number of aromatic nitrogens is 3. The van der Waals surface area contributed by atoms with Gasteiger partial charge in [0, 0.05) is 6.20 Å². The molecule has 4 rings (SSSR count). The van der Waals surface area contributed by atoms with Crippen molar-refractivity contribution in [2.24, 2.45) is 0 Å². The van der Waals surface area contributed by atoms with Gasteiger partial charge in [-0.1, -0.05) is 17.2 Å². The number of imide groups is 1. The number of rotatable bonds is 2. The minimum absolute atomic E-state index is 0.168. The highest BCUT2D eigenvalue weighted by atomic mass is 16.7. The maximum absolute atomic E-state index is 12.3. The van der Waals surface area contributed by atoms with Gasteiger partial charge in [-0.3, -0.25) is 14.0 Å². The molecule has 0 spiro atoms. The molecule has 0 radical (unpaired) electrons. The van der Waals surface area contributed by atoms with Gasteiger partial charge in [0.05, 0.1) is 16.7 Å². The molecule has 0 fully saturated rings. The summed E-state index contributed by atoms with van der Waals surface area (Å²) in [6.45, 7) is 1.74. The standard InChI is InChI=1S/C16H10N4O4/c1-9-17-18-13-7-6-10(8-19(9)13)16(23)24-20-14(21)11-4-2-3-5-12(11)15(20)22/h2-8H,1H3. The normalized spacial score (nSPS) is 13.5. The van der Waals surface area contributed by atoms with E-state index in [-0.39, 0.29) is 16.7 Å². The summed E-state index contributed by atoms with van der Waals surface area (Å²) < 4.78 is 1.61. The van der Waals surface area contributed by atoms with Gasteiger partial charge in [-0.15, -0.1) is 10.2 Å². The third-order valence-electron chi connectivity index (χ3n) is 3.74. The Bertz CT molecular complexity index is 989. The molecule has 0 bridgehead atoms. The summed E-state index contributed by atoms with van der Waals surface area (Å²) in [6, 6.07) is 9.38. The van der Waals surface area contributed by atoms with Crippen molar-refractivity contribution in [3.05, 3.63) is 65.1 Å². The first-order valence-corrected chi connectivity index (χ1v) is 7.08. The van der Waals surface area contributed by atoms with Gasteiger partial charge in [0.25, 0.3) is 11.8 Å². The van der Waals surface area contributed by atoms with Crippen LogP contribution in [0.25, 0.3) is 5.65 Å². The Kier molecular flexibility index (Phi) is 2.92. The average Bonchev–Trinajstić information content (AvgIpc) is 3.08. The molecule has 0 saturated carbocycles. The summed E-state index contributed by atoms with van der Waals surface area (Å²) in [5, 5.41) is 8.29. The second kappa shape index (κ2) is 4.98. The number of fused-ring (bicyclic) bond motifs is 2. The van der Waals surface area contributed by atoms with Gasteiger partial charge in [-0.2, -0.15) is 0 Å². The maximum Gasteiger partial charge on any atom is 0.365 e. The molecule has 1 aliphatic rings. The van der Waals surface area contributed by atoms with Crippen LogP contribution in [0.5, 0.6) is 0 Å². The highest BCUT2D eigenvalue weighted by Crippen LogP contribution is 2.23. The molecule has 0 unspecified atom stereocenters. The van der Waals surface area contributed by atoms with Crippen LogP contribution in [0.15, 0.2) is 42.6 Å². The van der Waals surface area contributed by atoms with Gasteiger partial charge in [-0.05, 0) is 31.2 Å². The van der Waals surface area contributed by atoms with Crippen molar-refractivity contribution in [1.82, 2.24) is 19.7 Å². The Hall–Kier alpha value is -3.55. The molecule has 24 heavy (non-hydrogen) atoms. The molecule has 3 aromatic rings. The summed E-state index contributed by atoms with van der Waals surface area (Å²) in [5.74, 6) is -1.55. The van der Waals surface area contributed by atoms with Crippen LogP contribution in [-0.4, -0.2) is 37.4 Å². The molecule has 3 heterocycles. The van der Waals surface area contributed by atoms with Gasteiger partial charge >= 0.3 is 5.97 Å². The van der Waals surface area contributed by atoms with Crippen LogP contribution in [0, 0.1) is 6.92 Å². The predicted molar refractivity (Wildman–Crippen MR) is 80.1 cm³/mol. The third-order valence-corrected chi connectivity index (χ3v) is 3.74. The Balaban J connectivity index is 1.63. The second-order valence-corrected chi connectivity index (χ2v) is 5.22. The van der Waals surface area contributed by atoms with Crippen molar-refractivity contribution in [1.29, 1.82) is 0 Å². The van der Waals surface area contributed by atoms with E-state index < -0.39 is 17.8 Å². The summed E-state index contributed by atoms with van der Waals surface area (Å²) in [7, 11) is 0. The summed E-state index contributed by atoms with van der Waals surface area (Å²) in [6.07, 6.45) is 1.49. The lowest BCUT2D eigenvalue weighted by Gasteiger charge is -2.12. The van der Waals surface area contributed by atoms with Crippen LogP contribution in [0.1, 0.15) is 36.9 Å². The maximum atomic E-state index is 12.3. The van der Waals surface area contributed by atoms with Crippen molar-refractivity contribution in [3.8, 4) is 0 Å². The molecule has 0 aliphatic carbocycles. The SMILES string of the molecule is Cc1nnc2ccc(C(=O)ON3C(=O)c4ccccc4C3=O)cn12. The van der Waals surface area contributed by atoms with Crippen LogP contribution >= 0.6 is 0 Å². The van der Waals surface area contributed by atoms with E-state index in [1.165, 1.54) is 24.4 Å². The first kappa shape index (κ1) is 14.1. The zero-order chi connectivity index (χ0) is 16.8. The molecule has 8 nitrogen and oxygen atoms in total. The number of hydrogen-bond acceptors (Lipinski definition) is 6. The van der Waals surface area contributed by atoms with Gasteiger partial charge in [0.15, 0.2) is 5.65 Å². The topological polar surface area (TPSA) is 93.9 Å². The van der Waals surface area contributed by atoms with Crippen LogP contribution in [0.4, 0.5) is 0 Å². The summed E-state index contributed by atoms with van der Waals surface area (Å²) in [5.41, 5.74) is 1.16. The van der Waals surface area contributed by atoms with Crippen LogP contribution in [0.2, 0.25) is 0 Å². The van der Waals surface area contributed by atoms with Crippen LogP contribution < -0.4 is 0 Å². The molecule has 118 valence electrons. The first-order valence-electron chi connectivity index (χ1n) is 7.08. The summed E-state index contributed by atoms with van der Waals surface area (Å²) in [4.78, 5) is 41.7. The molecule has 0 saturated heterocycles. The van der Waals surface area contributed by atoms with E-state index in [9.17, 15) is 14.4 Å². The van der Waals surface area contributed by atoms with Gasteiger partial charge in [0.1, 0.15) is 5.82 Å². The molecule has 2 amide bonds. The predicted octanol–water partition coefficient (Wildman–Crippen LogP) is 1.41. The largest absolute Gasteiger partial charge is 0.365 e. The number of carbonyl (C=O) groups excluding carboxylic acids is 3. The number of benzene rings is 1. The van der Waals surface area contributed by atoms with Crippen molar-refractivity contribution < 1.29 is 19.2 Å². The van der Waals surface area contributed by atoms with Gasteiger partial charge in [0.2, 0.25) is 0 Å². The molecule has 8 heteroatoms. The molecular weight excluding hydrogens is 312 g/mol. The Morgan fingerprint density at radius 3 is 2.33 bits per heavy atom. The van der Waals surface area contributed by atoms with Crippen LogP contribution in [0.3, 0.4) is 0 Å². The van der Waals surface area contributed by atoms with E-state index in [4.69, 9.17) is 4.84 Å². The van der Waals surface area contributed by atoms with Gasteiger partial charge in [-0.25, -0.2) is 4.79 Å². The Labute approximate surface area is 135 Å². The van der Waals surface area contributed by atoms with E-state index in [1.54, 1.807) is 29.5 Å². The van der Waals surface area contributed by atoms with Crippen LogP contribution in [-0.2, 0) is 4.84 Å². The lowest BCUT2D eigenvalue weighted by atomic mass is 10.1. The molecule has 2 aromatic heterocycles. The number of carbonyl (C=O) groups is 3. The lowest BCUT2D eigenvalue weighted by Crippen LogP contribution is -2.32. The molecule has 1 aromatic carbocycles. The highest BCUT2D eigenvalue weighted by molar-refractivity contribution is 6.21. The van der Waals surface area contributed by atoms with Crippen molar-refractivity contribution in [2.75, 3.05) is 0 Å². The number of nitrogens with zero attached hydrogens (tertiary/aromatic N) is 4. The summed E-state index contributed by atoms with van der Waals surface area (Å²) >= 11 is 0. The van der Waals surface area contributed by atoms with E-state index in [0.717, 1.165) is 0 Å². The molecule has 0 atom stereocenters. The number of hydrogen-bond donors (Lipinski definition) is 0. The average molecular weight is 322 g/mol. The third kappa shape index (κ3) is 1.97. The fourth-order valence-corrected chi connectivity index (χ4v) is 2.51. The quantitative estimate of drug-likeness (QED) is 0.662. The van der Waals surface area contributed by atoms with Crippen molar-refractivity contribution in [2.45, 2.75) is 6.92 Å². The van der Waals surface area contributed by atoms with Crippen molar-refractivity contribution >= 4 is 23.4 Å². The molecule has 1 aliphatic heterocycles. The number of pyridine rings is 1. The van der Waals surface area contributed by atoms with Gasteiger partial charge < -0.3 is 4.84 Å². The minimum atomic E-state index is -0.820. The highest BCUT2D eigenvalue weighted by Gasteiger charge is 2.38. The van der Waals surface area contributed by atoms with Crippen molar-refractivity contribution in [3.63, 3.8) is 0 Å². The number of hydroxylamine groups is 2. The Morgan fingerprint density at radius 2 is 1.67 bits per heavy atom.